The quantitative estimate of drug-likeness (QED) is 0.0376. The molecule has 4 aliphatic heterocycles. The number of methoxy groups -OCH3 is 1. The van der Waals surface area contributed by atoms with Crippen molar-refractivity contribution in [3.8, 4) is 0 Å². The Bertz CT molecular complexity index is 1370. The fourth-order valence-corrected chi connectivity index (χ4v) is 8.79. The molecule has 13 heteroatoms. The monoisotopic (exact) mass is 855 g/mol. The minimum Gasteiger partial charge on any atom is -0.463 e. The number of rotatable bonds is 26. The molecule has 0 amide bonds. The molecule has 4 saturated heterocycles. The smallest absolute Gasteiger partial charge is 0.332 e. The Kier molecular flexibility index (Phi) is 24.5. The van der Waals surface area contributed by atoms with Gasteiger partial charge in [0.25, 0.3) is 0 Å². The second-order valence-corrected chi connectivity index (χ2v) is 17.4. The van der Waals surface area contributed by atoms with Crippen molar-refractivity contribution in [3.63, 3.8) is 0 Å². The van der Waals surface area contributed by atoms with Crippen molar-refractivity contribution in [2.24, 2.45) is 23.7 Å². The summed E-state index contributed by atoms with van der Waals surface area (Å²) in [5.74, 6) is 1.80. The molecule has 0 radical (unpaired) electrons. The second-order valence-electron chi connectivity index (χ2n) is 17.4. The Hall–Kier alpha value is -4.00. The number of esters is 4. The van der Waals surface area contributed by atoms with Gasteiger partial charge in [-0.1, -0.05) is 45.4 Å². The van der Waals surface area contributed by atoms with Gasteiger partial charge in [-0.2, -0.15) is 0 Å². The van der Waals surface area contributed by atoms with Crippen LogP contribution >= 0.6 is 0 Å². The summed E-state index contributed by atoms with van der Waals surface area (Å²) < 4.78 is 25.9. The number of ether oxygens (including phenoxy) is 5. The van der Waals surface area contributed by atoms with E-state index < -0.39 is 0 Å². The van der Waals surface area contributed by atoms with E-state index in [0.717, 1.165) is 108 Å². The van der Waals surface area contributed by atoms with Gasteiger partial charge in [-0.15, -0.1) is 0 Å². The minimum absolute atomic E-state index is 0.250. The van der Waals surface area contributed by atoms with Crippen LogP contribution in [0.1, 0.15) is 116 Å². The first-order valence-corrected chi connectivity index (χ1v) is 23.6. The van der Waals surface area contributed by atoms with Crippen molar-refractivity contribution in [1.82, 2.24) is 19.6 Å². The standard InChI is InChI=1S/C48H78N4O9/c1-3-36-58-45(53)20-32-49-24-12-41(13-25-49)8-6-9-42-14-26-50(27-15-42)33-21-46(54)59-37-4-5-38-60-47(55)22-34-51-28-16-43(17-29-51)10-7-11-44-18-30-52(31-19-44)35-23-48(56)61-40-39-57-2/h20-23,32-35,41-44H,3-19,24-31,36-40H2,1-2H3/b32-20+,33-21+,34-22+,35-23+. The highest BCUT2D eigenvalue weighted by molar-refractivity contribution is 5.82. The van der Waals surface area contributed by atoms with Crippen molar-refractivity contribution < 1.29 is 42.9 Å². The fourth-order valence-electron chi connectivity index (χ4n) is 8.79. The molecule has 61 heavy (non-hydrogen) atoms. The third-order valence-electron chi connectivity index (χ3n) is 12.7. The van der Waals surface area contributed by atoms with Gasteiger partial charge in [0, 0.05) is 109 Å². The van der Waals surface area contributed by atoms with Crippen LogP contribution in [0.4, 0.5) is 0 Å². The first-order valence-electron chi connectivity index (χ1n) is 23.6. The van der Waals surface area contributed by atoms with Gasteiger partial charge in [0.15, 0.2) is 0 Å². The molecule has 0 unspecified atom stereocenters. The summed E-state index contributed by atoms with van der Waals surface area (Å²) in [5, 5.41) is 0. The van der Waals surface area contributed by atoms with Crippen LogP contribution < -0.4 is 0 Å². The topological polar surface area (TPSA) is 127 Å². The Balaban J connectivity index is 0.920. The first-order chi connectivity index (χ1) is 29.8. The maximum absolute atomic E-state index is 12.3. The highest BCUT2D eigenvalue weighted by atomic mass is 16.6. The number of likely N-dealkylation sites (tertiary alicyclic amines) is 4. The van der Waals surface area contributed by atoms with Crippen molar-refractivity contribution in [1.29, 1.82) is 0 Å². The Labute approximate surface area is 366 Å². The number of nitrogens with zero attached hydrogens (tertiary/aromatic N) is 4. The summed E-state index contributed by atoms with van der Waals surface area (Å²) in [5.41, 5.74) is 0. The lowest BCUT2D eigenvalue weighted by Crippen LogP contribution is -2.30. The third kappa shape index (κ3) is 22.1. The second kappa shape index (κ2) is 30.1. The number of carbonyl (C=O) groups is 4. The van der Waals surface area contributed by atoms with Crippen LogP contribution in [0.15, 0.2) is 49.1 Å². The molecule has 4 rings (SSSR count). The first kappa shape index (κ1) is 49.7. The van der Waals surface area contributed by atoms with Gasteiger partial charge >= 0.3 is 23.9 Å². The van der Waals surface area contributed by atoms with Gasteiger partial charge in [-0.05, 0) is 94.3 Å². The van der Waals surface area contributed by atoms with Crippen LogP contribution in [0.3, 0.4) is 0 Å². The molecule has 0 aliphatic carbocycles. The molecule has 13 nitrogen and oxygen atoms in total. The molecule has 4 heterocycles. The van der Waals surface area contributed by atoms with Crippen LogP contribution in [0, 0.1) is 23.7 Å². The predicted molar refractivity (Wildman–Crippen MR) is 237 cm³/mol. The zero-order chi connectivity index (χ0) is 43.3. The van der Waals surface area contributed by atoms with Crippen LogP contribution in [-0.2, 0) is 42.9 Å². The number of carbonyl (C=O) groups excluding carboxylic acids is 4. The normalized spacial score (nSPS) is 19.2. The molecule has 4 fully saturated rings. The van der Waals surface area contributed by atoms with Crippen LogP contribution in [0.2, 0.25) is 0 Å². The van der Waals surface area contributed by atoms with Crippen molar-refractivity contribution in [2.45, 2.75) is 116 Å². The maximum Gasteiger partial charge on any atom is 0.332 e. The van der Waals surface area contributed by atoms with E-state index in [1.807, 2.05) is 31.7 Å². The number of unbranched alkanes of at least 4 members (excludes halogenated alkanes) is 1. The Morgan fingerprint density at radius 1 is 0.410 bits per heavy atom. The fraction of sp³-hybridized carbons (Fsp3) is 0.750. The summed E-state index contributed by atoms with van der Waals surface area (Å²) in [6.07, 6.45) is 32.7. The predicted octanol–water partition coefficient (Wildman–Crippen LogP) is 7.24. The van der Waals surface area contributed by atoms with E-state index in [4.69, 9.17) is 23.7 Å². The molecular weight excluding hydrogens is 777 g/mol. The van der Waals surface area contributed by atoms with E-state index in [0.29, 0.717) is 39.3 Å². The molecule has 0 aromatic carbocycles. The Morgan fingerprint density at radius 3 is 0.967 bits per heavy atom. The lowest BCUT2D eigenvalue weighted by atomic mass is 9.87. The van der Waals surface area contributed by atoms with Crippen LogP contribution in [0.25, 0.3) is 0 Å². The Morgan fingerprint density at radius 2 is 0.689 bits per heavy atom. The highest BCUT2D eigenvalue weighted by Gasteiger charge is 2.22. The molecule has 0 atom stereocenters. The average Bonchev–Trinajstić information content (AvgIpc) is 3.28. The minimum atomic E-state index is -0.330. The van der Waals surface area contributed by atoms with Gasteiger partial charge in [0.05, 0.1) is 26.4 Å². The van der Waals surface area contributed by atoms with Crippen molar-refractivity contribution in [2.75, 3.05) is 92.5 Å². The molecule has 0 saturated carbocycles. The summed E-state index contributed by atoms with van der Waals surface area (Å²) in [4.78, 5) is 56.9. The zero-order valence-corrected chi connectivity index (χ0v) is 37.6. The highest BCUT2D eigenvalue weighted by Crippen LogP contribution is 2.29. The van der Waals surface area contributed by atoms with E-state index in [9.17, 15) is 19.2 Å². The van der Waals surface area contributed by atoms with E-state index in [1.165, 1.54) is 82.4 Å². The van der Waals surface area contributed by atoms with E-state index in [1.54, 1.807) is 13.2 Å². The SMILES string of the molecule is CCCOC(=O)/C=C/N1CCC(CCCC2CCN(/C=C/C(=O)OCCCCOC(=O)/C=C/N3CCC(CCCC4CCN(/C=C/C(=O)OCCOC)CC4)CC3)CC2)CC1. The van der Waals surface area contributed by atoms with E-state index >= 15 is 0 Å². The molecule has 0 spiro atoms. The summed E-state index contributed by atoms with van der Waals surface area (Å²) in [6.45, 7) is 11.6. The molecule has 0 bridgehead atoms. The summed E-state index contributed by atoms with van der Waals surface area (Å²) >= 11 is 0. The average molecular weight is 855 g/mol. The number of hydrogen-bond donors (Lipinski definition) is 0. The van der Waals surface area contributed by atoms with Crippen LogP contribution in [-0.4, -0.2) is 136 Å². The van der Waals surface area contributed by atoms with Gasteiger partial charge in [-0.25, -0.2) is 19.2 Å². The molecule has 344 valence electrons. The lowest BCUT2D eigenvalue weighted by Gasteiger charge is -2.33. The van der Waals surface area contributed by atoms with Gasteiger partial charge in [0.1, 0.15) is 6.61 Å². The van der Waals surface area contributed by atoms with E-state index in [2.05, 4.69) is 19.6 Å². The maximum atomic E-state index is 12.3. The van der Waals surface area contributed by atoms with Crippen molar-refractivity contribution >= 4 is 23.9 Å². The molecule has 0 N–H and O–H groups in total. The molecule has 4 aliphatic rings. The van der Waals surface area contributed by atoms with E-state index in [-0.39, 0.29) is 30.5 Å². The largest absolute Gasteiger partial charge is 0.463 e. The lowest BCUT2D eigenvalue weighted by molar-refractivity contribution is -0.140. The van der Waals surface area contributed by atoms with Crippen LogP contribution in [0.5, 0.6) is 0 Å². The molecule has 0 aromatic rings. The van der Waals surface area contributed by atoms with Gasteiger partial charge in [-0.3, -0.25) is 0 Å². The van der Waals surface area contributed by atoms with Gasteiger partial charge in [0.2, 0.25) is 0 Å². The zero-order valence-electron chi connectivity index (χ0n) is 37.6. The van der Waals surface area contributed by atoms with Crippen molar-refractivity contribution in [3.05, 3.63) is 49.1 Å². The van der Waals surface area contributed by atoms with Gasteiger partial charge < -0.3 is 43.3 Å². The molecular formula is C48H78N4O9. The summed E-state index contributed by atoms with van der Waals surface area (Å²) in [7, 11) is 1.59. The number of hydrogen-bond acceptors (Lipinski definition) is 13. The molecule has 0 aromatic heterocycles. The number of piperidine rings is 4. The third-order valence-corrected chi connectivity index (χ3v) is 12.7. The summed E-state index contributed by atoms with van der Waals surface area (Å²) in [6, 6.07) is 0.